The molecule has 2 aromatic carbocycles. The minimum atomic E-state index is -1.97. The molecule has 2 unspecified atom stereocenters. The number of benzene rings is 2. The first-order valence-electron chi connectivity index (χ1n) is 10.6. The smallest absolute Gasteiger partial charge is 0.0726 e. The Morgan fingerprint density at radius 3 is 1.52 bits per heavy atom. The third-order valence-corrected chi connectivity index (χ3v) is 10.6. The minimum Gasteiger partial charge on any atom is -0.0726 e. The van der Waals surface area contributed by atoms with Crippen LogP contribution >= 0.6 is 0 Å². The fourth-order valence-electron chi connectivity index (χ4n) is 5.93. The van der Waals surface area contributed by atoms with Crippen molar-refractivity contribution in [2.45, 2.75) is 24.9 Å². The molecule has 0 spiro atoms. The molecule has 0 bridgehead atoms. The molecule has 6 rings (SSSR count). The quantitative estimate of drug-likeness (QED) is 0.480. The molecule has 0 saturated heterocycles. The van der Waals surface area contributed by atoms with Gasteiger partial charge in [0.05, 0.1) is 0 Å². The van der Waals surface area contributed by atoms with Crippen LogP contribution in [0.4, 0.5) is 0 Å². The van der Waals surface area contributed by atoms with E-state index in [1.807, 2.05) is 0 Å². The van der Waals surface area contributed by atoms with E-state index in [0.717, 1.165) is 0 Å². The summed E-state index contributed by atoms with van der Waals surface area (Å²) in [5, 5.41) is 3.25. The van der Waals surface area contributed by atoms with Gasteiger partial charge in [0, 0.05) is 11.8 Å². The monoisotopic (exact) mass is 388 g/mol. The largest absolute Gasteiger partial charge is 0.114 e. The van der Waals surface area contributed by atoms with E-state index in [9.17, 15) is 0 Å². The van der Waals surface area contributed by atoms with Crippen LogP contribution in [-0.2, 0) is 0 Å². The Labute approximate surface area is 174 Å². The van der Waals surface area contributed by atoms with Crippen LogP contribution in [0.1, 0.15) is 34.1 Å². The van der Waals surface area contributed by atoms with Crippen LogP contribution in [0.3, 0.4) is 0 Å². The van der Waals surface area contributed by atoms with Crippen molar-refractivity contribution < 1.29 is 0 Å². The Bertz CT molecular complexity index is 1130. The van der Waals surface area contributed by atoms with Crippen LogP contribution in [0, 0.1) is 0 Å². The van der Waals surface area contributed by atoms with Crippen LogP contribution in [-0.4, -0.2) is 8.07 Å². The molecule has 0 heterocycles. The number of hydrogen-bond donors (Lipinski definition) is 0. The lowest BCUT2D eigenvalue weighted by molar-refractivity contribution is 1.05. The molecule has 0 saturated carbocycles. The van der Waals surface area contributed by atoms with Gasteiger partial charge in [-0.05, 0) is 43.8 Å². The molecule has 4 aliphatic carbocycles. The Balaban J connectivity index is 1.64. The van der Waals surface area contributed by atoms with E-state index in [4.69, 9.17) is 0 Å². The van der Waals surface area contributed by atoms with Crippen molar-refractivity contribution in [2.75, 3.05) is 0 Å². The van der Waals surface area contributed by atoms with Crippen LogP contribution in [0.5, 0.6) is 0 Å². The van der Waals surface area contributed by atoms with Crippen molar-refractivity contribution >= 4 is 18.5 Å². The average Bonchev–Trinajstić information content (AvgIpc) is 3.28. The van der Waals surface area contributed by atoms with Crippen molar-refractivity contribution in [3.8, 4) is 0 Å². The van der Waals surface area contributed by atoms with Crippen LogP contribution < -0.4 is 0 Å². The standard InChI is InChI=1S/C28H24Si/c1-29(2,27-23-15-7-3-11-19(23)20-12-4-8-16-24(20)27)28-25-17-9-5-13-21(25)22-14-6-10-18-26(22)28/h3-19,21H,1-2H3. The summed E-state index contributed by atoms with van der Waals surface area (Å²) >= 11 is 0. The summed E-state index contributed by atoms with van der Waals surface area (Å²) < 4.78 is 0. The molecule has 0 aliphatic heterocycles. The van der Waals surface area contributed by atoms with Gasteiger partial charge < -0.3 is 0 Å². The van der Waals surface area contributed by atoms with Crippen molar-refractivity contribution in [2.24, 2.45) is 0 Å². The van der Waals surface area contributed by atoms with Crippen molar-refractivity contribution in [1.82, 2.24) is 0 Å². The van der Waals surface area contributed by atoms with Gasteiger partial charge >= 0.3 is 0 Å². The summed E-state index contributed by atoms with van der Waals surface area (Å²) in [7, 11) is -1.97. The van der Waals surface area contributed by atoms with Gasteiger partial charge in [0.1, 0.15) is 8.07 Å². The van der Waals surface area contributed by atoms with Gasteiger partial charge in [0.2, 0.25) is 0 Å². The second-order valence-electron chi connectivity index (χ2n) is 8.90. The normalized spacial score (nSPS) is 23.4. The molecule has 140 valence electrons. The lowest BCUT2D eigenvalue weighted by atomic mass is 9.92. The fourth-order valence-corrected chi connectivity index (χ4v) is 9.90. The summed E-state index contributed by atoms with van der Waals surface area (Å²) in [5.41, 5.74) is 8.95. The van der Waals surface area contributed by atoms with Gasteiger partial charge in [0.25, 0.3) is 0 Å². The lowest BCUT2D eigenvalue weighted by Crippen LogP contribution is -2.31. The van der Waals surface area contributed by atoms with Gasteiger partial charge in [-0.25, -0.2) is 0 Å². The molecular formula is C28H24Si. The highest BCUT2D eigenvalue weighted by molar-refractivity contribution is 7.09. The Hall–Kier alpha value is -2.90. The SMILES string of the molecule is C[Si](C)(C1=C2C=CC=CC2c2ccccc21)C1=C2C=CC=CC2c2ccccc21. The summed E-state index contributed by atoms with van der Waals surface area (Å²) in [6.07, 6.45) is 18.3. The van der Waals surface area contributed by atoms with Crippen LogP contribution in [0.25, 0.3) is 10.4 Å². The third kappa shape index (κ3) is 2.25. The zero-order valence-electron chi connectivity index (χ0n) is 16.9. The summed E-state index contributed by atoms with van der Waals surface area (Å²) in [6.45, 7) is 5.13. The minimum absolute atomic E-state index is 0.415. The molecule has 29 heavy (non-hydrogen) atoms. The topological polar surface area (TPSA) is 0 Å². The van der Waals surface area contributed by atoms with Crippen LogP contribution in [0.2, 0.25) is 13.1 Å². The molecule has 0 amide bonds. The predicted molar refractivity (Wildman–Crippen MR) is 126 cm³/mol. The highest BCUT2D eigenvalue weighted by Crippen LogP contribution is 2.55. The second-order valence-corrected chi connectivity index (χ2v) is 13.2. The first-order chi connectivity index (χ1) is 14.2. The Morgan fingerprint density at radius 2 is 1.03 bits per heavy atom. The summed E-state index contributed by atoms with van der Waals surface area (Å²) in [6, 6.07) is 18.2. The first kappa shape index (κ1) is 17.0. The van der Waals surface area contributed by atoms with Crippen molar-refractivity contribution in [1.29, 1.82) is 0 Å². The molecule has 0 nitrogen and oxygen atoms in total. The van der Waals surface area contributed by atoms with E-state index < -0.39 is 8.07 Å². The molecule has 0 radical (unpaired) electrons. The zero-order valence-corrected chi connectivity index (χ0v) is 17.9. The maximum absolute atomic E-state index is 2.56. The van der Waals surface area contributed by atoms with Gasteiger partial charge in [-0.3, -0.25) is 0 Å². The number of rotatable bonds is 2. The maximum Gasteiger partial charge on any atom is 0.114 e. The molecule has 0 aromatic heterocycles. The lowest BCUT2D eigenvalue weighted by Gasteiger charge is -2.30. The number of fused-ring (bicyclic) bond motifs is 6. The molecule has 0 N–H and O–H groups in total. The third-order valence-electron chi connectivity index (χ3n) is 7.01. The van der Waals surface area contributed by atoms with E-state index in [1.165, 1.54) is 33.4 Å². The average molecular weight is 389 g/mol. The van der Waals surface area contributed by atoms with Crippen molar-refractivity contribution in [3.63, 3.8) is 0 Å². The molecule has 2 aromatic rings. The van der Waals surface area contributed by atoms with E-state index in [-0.39, 0.29) is 0 Å². The first-order valence-corrected chi connectivity index (χ1v) is 13.6. The molecule has 4 aliphatic rings. The van der Waals surface area contributed by atoms with Gasteiger partial charge in [-0.15, -0.1) is 0 Å². The Morgan fingerprint density at radius 1 is 0.586 bits per heavy atom. The van der Waals surface area contributed by atoms with E-state index in [1.54, 1.807) is 10.4 Å². The molecule has 1 heteroatoms. The maximum atomic E-state index is 2.56. The molecular weight excluding hydrogens is 364 g/mol. The van der Waals surface area contributed by atoms with Crippen LogP contribution in [0.15, 0.2) is 108 Å². The zero-order chi connectivity index (χ0) is 19.6. The second kappa shape index (κ2) is 6.05. The van der Waals surface area contributed by atoms with E-state index in [0.29, 0.717) is 11.8 Å². The van der Waals surface area contributed by atoms with Gasteiger partial charge in [-0.2, -0.15) is 0 Å². The molecule has 0 fully saturated rings. The fraction of sp³-hybridized carbons (Fsp3) is 0.143. The summed E-state index contributed by atoms with van der Waals surface area (Å²) in [5.74, 6) is 0.829. The van der Waals surface area contributed by atoms with Crippen molar-refractivity contribution in [3.05, 3.63) is 131 Å². The highest BCUT2D eigenvalue weighted by Gasteiger charge is 2.45. The predicted octanol–water partition coefficient (Wildman–Crippen LogP) is 7.13. The highest BCUT2D eigenvalue weighted by atomic mass is 28.3. The van der Waals surface area contributed by atoms with Gasteiger partial charge in [0.15, 0.2) is 0 Å². The molecule has 2 atom stereocenters. The number of allylic oxidation sites excluding steroid dienone is 10. The Kier molecular flexibility index (Phi) is 3.54. The van der Waals surface area contributed by atoms with E-state index in [2.05, 4.69) is 110 Å². The van der Waals surface area contributed by atoms with E-state index >= 15 is 0 Å². The van der Waals surface area contributed by atoms with Gasteiger partial charge in [-0.1, -0.05) is 110 Å². The number of hydrogen-bond acceptors (Lipinski definition) is 0. The summed E-state index contributed by atoms with van der Waals surface area (Å²) in [4.78, 5) is 0.